The minimum Gasteiger partial charge on any atom is -0.318 e. The molecule has 3 rings (SSSR count). The topological polar surface area (TPSA) is 28.2 Å². The van der Waals surface area contributed by atoms with Crippen LogP contribution in [-0.2, 0) is 6.54 Å². The molecule has 1 aliphatic rings. The van der Waals surface area contributed by atoms with Gasteiger partial charge in [0.1, 0.15) is 0 Å². The van der Waals surface area contributed by atoms with E-state index >= 15 is 0 Å². The first kappa shape index (κ1) is 14.5. The van der Waals surface area contributed by atoms with Gasteiger partial charge in [-0.25, -0.2) is 4.98 Å². The molecule has 1 aliphatic carbocycles. The third-order valence-corrected chi connectivity index (χ3v) is 5.07. The van der Waals surface area contributed by atoms with E-state index in [2.05, 4.69) is 48.3 Å². The highest BCUT2D eigenvalue weighted by Gasteiger charge is 2.30. The van der Waals surface area contributed by atoms with Crippen molar-refractivity contribution < 1.29 is 0 Å². The average molecular weight is 301 g/mol. The third kappa shape index (κ3) is 2.97. The molecule has 1 aromatic carbocycles. The van der Waals surface area contributed by atoms with Crippen LogP contribution in [0, 0.1) is 6.92 Å². The van der Waals surface area contributed by atoms with Gasteiger partial charge in [-0.3, -0.25) is 0 Å². The Morgan fingerprint density at radius 3 is 2.71 bits per heavy atom. The van der Waals surface area contributed by atoms with Crippen molar-refractivity contribution in [1.29, 1.82) is 0 Å². The normalized spacial score (nSPS) is 14.4. The number of nitrogens with one attached hydrogen (secondary N) is 1. The van der Waals surface area contributed by atoms with E-state index in [-0.39, 0.29) is 0 Å². The molecule has 0 bridgehead atoms. The summed E-state index contributed by atoms with van der Waals surface area (Å²) in [5, 5.41) is 4.42. The number of aryl methyl sites for hydroxylation is 1. The van der Waals surface area contributed by atoms with Crippen LogP contribution < -0.4 is 10.2 Å². The van der Waals surface area contributed by atoms with E-state index in [0.717, 1.165) is 18.2 Å². The Balaban J connectivity index is 1.97. The summed E-state index contributed by atoms with van der Waals surface area (Å²) in [4.78, 5) is 8.73. The lowest BCUT2D eigenvalue weighted by molar-refractivity contribution is 0.812. The number of rotatable bonds is 6. The fourth-order valence-corrected chi connectivity index (χ4v) is 3.94. The van der Waals surface area contributed by atoms with Crippen molar-refractivity contribution in [2.45, 2.75) is 39.2 Å². The average Bonchev–Trinajstić information content (AvgIpc) is 3.25. The fraction of sp³-hybridized carbons (Fsp3) is 0.471. The van der Waals surface area contributed by atoms with Crippen molar-refractivity contribution in [3.8, 4) is 0 Å². The number of anilines is 2. The van der Waals surface area contributed by atoms with Gasteiger partial charge in [-0.15, -0.1) is 0 Å². The molecule has 2 aromatic rings. The van der Waals surface area contributed by atoms with Gasteiger partial charge >= 0.3 is 0 Å². The number of hydrogen-bond acceptors (Lipinski definition) is 4. The Kier molecular flexibility index (Phi) is 4.27. The van der Waals surface area contributed by atoms with Crippen molar-refractivity contribution in [2.24, 2.45) is 0 Å². The number of benzene rings is 1. The van der Waals surface area contributed by atoms with Gasteiger partial charge in [-0.05, 0) is 45.4 Å². The summed E-state index contributed by atoms with van der Waals surface area (Å²) in [5.41, 5.74) is 3.90. The van der Waals surface area contributed by atoms with Gasteiger partial charge < -0.3 is 10.2 Å². The maximum absolute atomic E-state index is 4.98. The smallest absolute Gasteiger partial charge is 0.190 e. The number of thiazole rings is 1. The van der Waals surface area contributed by atoms with E-state index in [1.165, 1.54) is 34.7 Å². The van der Waals surface area contributed by atoms with Crippen LogP contribution in [0.15, 0.2) is 24.3 Å². The fourth-order valence-electron chi connectivity index (χ4n) is 2.70. The second kappa shape index (κ2) is 6.16. The maximum atomic E-state index is 4.98. The van der Waals surface area contributed by atoms with Crippen LogP contribution in [0.25, 0.3) is 0 Å². The molecule has 1 N–H and O–H groups in total. The lowest BCUT2D eigenvalue weighted by Crippen LogP contribution is -2.16. The van der Waals surface area contributed by atoms with Crippen molar-refractivity contribution in [3.63, 3.8) is 0 Å². The molecule has 1 heterocycles. The Hall–Kier alpha value is -1.39. The minimum absolute atomic E-state index is 0.703. The molecule has 1 aromatic heterocycles. The summed E-state index contributed by atoms with van der Waals surface area (Å²) in [6.07, 6.45) is 2.60. The van der Waals surface area contributed by atoms with Gasteiger partial charge in [0, 0.05) is 29.6 Å². The largest absolute Gasteiger partial charge is 0.318 e. The van der Waals surface area contributed by atoms with Gasteiger partial charge in [0.2, 0.25) is 0 Å². The standard InChI is InChI=1S/C17H23N3S/c1-4-20(14-8-6-5-7-12(14)2)17-19-16(13-9-10-13)15(21-17)11-18-3/h5-8,13,18H,4,9-11H2,1-3H3. The zero-order valence-corrected chi connectivity index (χ0v) is 13.8. The Labute approximate surface area is 131 Å². The van der Waals surface area contributed by atoms with Crippen molar-refractivity contribution in [1.82, 2.24) is 10.3 Å². The monoisotopic (exact) mass is 301 g/mol. The molecule has 0 amide bonds. The number of aromatic nitrogens is 1. The van der Waals surface area contributed by atoms with E-state index in [0.29, 0.717) is 5.92 Å². The first-order chi connectivity index (χ1) is 10.2. The predicted octanol–water partition coefficient (Wildman–Crippen LogP) is 4.21. The van der Waals surface area contributed by atoms with Crippen molar-refractivity contribution in [3.05, 3.63) is 40.4 Å². The van der Waals surface area contributed by atoms with Crippen LogP contribution in [0.3, 0.4) is 0 Å². The highest BCUT2D eigenvalue weighted by Crippen LogP contribution is 2.45. The molecule has 1 saturated carbocycles. The molecular formula is C17H23N3S. The molecule has 0 atom stereocenters. The summed E-state index contributed by atoms with van der Waals surface area (Å²) in [6, 6.07) is 8.56. The lowest BCUT2D eigenvalue weighted by atomic mass is 10.2. The lowest BCUT2D eigenvalue weighted by Gasteiger charge is -2.21. The molecule has 0 radical (unpaired) electrons. The number of para-hydroxylation sites is 1. The summed E-state index contributed by atoms with van der Waals surface area (Å²) in [5.74, 6) is 0.703. The van der Waals surface area contributed by atoms with Gasteiger partial charge in [0.05, 0.1) is 5.69 Å². The molecular weight excluding hydrogens is 278 g/mol. The van der Waals surface area contributed by atoms with Gasteiger partial charge in [-0.2, -0.15) is 0 Å². The van der Waals surface area contributed by atoms with E-state index in [9.17, 15) is 0 Å². The Bertz CT molecular complexity index is 616. The highest BCUT2D eigenvalue weighted by molar-refractivity contribution is 7.15. The summed E-state index contributed by atoms with van der Waals surface area (Å²) < 4.78 is 0. The summed E-state index contributed by atoms with van der Waals surface area (Å²) in [6.45, 7) is 6.24. The molecule has 4 heteroatoms. The first-order valence-corrected chi connectivity index (χ1v) is 8.53. The van der Waals surface area contributed by atoms with Crippen LogP contribution in [0.1, 0.15) is 41.8 Å². The Morgan fingerprint density at radius 1 is 1.33 bits per heavy atom. The van der Waals surface area contributed by atoms with E-state index in [4.69, 9.17) is 4.98 Å². The molecule has 21 heavy (non-hydrogen) atoms. The van der Waals surface area contributed by atoms with E-state index in [1.54, 1.807) is 0 Å². The van der Waals surface area contributed by atoms with E-state index in [1.807, 2.05) is 18.4 Å². The van der Waals surface area contributed by atoms with Crippen LogP contribution in [0.5, 0.6) is 0 Å². The zero-order chi connectivity index (χ0) is 14.8. The van der Waals surface area contributed by atoms with Crippen LogP contribution >= 0.6 is 11.3 Å². The summed E-state index contributed by atoms with van der Waals surface area (Å²) >= 11 is 1.84. The second-order valence-corrected chi connectivity index (χ2v) is 6.70. The van der Waals surface area contributed by atoms with Gasteiger partial charge in [0.25, 0.3) is 0 Å². The Morgan fingerprint density at radius 2 is 2.10 bits per heavy atom. The molecule has 0 unspecified atom stereocenters. The third-order valence-electron chi connectivity index (χ3n) is 3.97. The zero-order valence-electron chi connectivity index (χ0n) is 13.0. The van der Waals surface area contributed by atoms with Crippen LogP contribution in [-0.4, -0.2) is 18.6 Å². The molecule has 112 valence electrons. The molecule has 1 fully saturated rings. The quantitative estimate of drug-likeness (QED) is 0.866. The first-order valence-electron chi connectivity index (χ1n) is 7.72. The van der Waals surface area contributed by atoms with Crippen molar-refractivity contribution >= 4 is 22.2 Å². The SMILES string of the molecule is CCN(c1nc(C2CC2)c(CNC)s1)c1ccccc1C. The van der Waals surface area contributed by atoms with E-state index < -0.39 is 0 Å². The number of nitrogens with zero attached hydrogens (tertiary/aromatic N) is 2. The van der Waals surface area contributed by atoms with Crippen molar-refractivity contribution in [2.75, 3.05) is 18.5 Å². The highest BCUT2D eigenvalue weighted by atomic mass is 32.1. The van der Waals surface area contributed by atoms with Gasteiger partial charge in [-0.1, -0.05) is 29.5 Å². The maximum Gasteiger partial charge on any atom is 0.190 e. The molecule has 0 aliphatic heterocycles. The molecule has 3 nitrogen and oxygen atoms in total. The molecule has 0 spiro atoms. The second-order valence-electron chi connectivity index (χ2n) is 5.64. The minimum atomic E-state index is 0.703. The predicted molar refractivity (Wildman–Crippen MR) is 90.7 cm³/mol. The van der Waals surface area contributed by atoms with Crippen LogP contribution in [0.2, 0.25) is 0 Å². The van der Waals surface area contributed by atoms with Gasteiger partial charge in [0.15, 0.2) is 5.13 Å². The number of hydrogen-bond donors (Lipinski definition) is 1. The summed E-state index contributed by atoms with van der Waals surface area (Å²) in [7, 11) is 2.01. The molecule has 0 saturated heterocycles. The van der Waals surface area contributed by atoms with Crippen LogP contribution in [0.4, 0.5) is 10.8 Å².